The third-order valence-corrected chi connectivity index (χ3v) is 5.56. The molecular weight excluding hydrogens is 381 g/mol. The van der Waals surface area contributed by atoms with Gasteiger partial charge in [-0.2, -0.15) is 5.10 Å². The molecule has 0 radical (unpaired) electrons. The molecule has 2 aromatic heterocycles. The van der Waals surface area contributed by atoms with Crippen LogP contribution in [0.3, 0.4) is 0 Å². The van der Waals surface area contributed by atoms with E-state index in [1.807, 2.05) is 4.57 Å². The number of aryl methyl sites for hydroxylation is 1. The number of hydrogen-bond acceptors (Lipinski definition) is 6. The summed E-state index contributed by atoms with van der Waals surface area (Å²) in [5.74, 6) is 0.559. The van der Waals surface area contributed by atoms with Crippen molar-refractivity contribution in [1.82, 2.24) is 24.5 Å². The van der Waals surface area contributed by atoms with E-state index >= 15 is 0 Å². The number of carbonyl (C=O) groups excluding carboxylic acids is 1. The van der Waals surface area contributed by atoms with Crippen LogP contribution in [-0.2, 0) is 18.3 Å². The Kier molecular flexibility index (Phi) is 5.54. The van der Waals surface area contributed by atoms with Crippen molar-refractivity contribution in [3.05, 3.63) is 48.0 Å². The number of rotatable bonds is 7. The quantitative estimate of drug-likeness (QED) is 0.448. The van der Waals surface area contributed by atoms with Crippen LogP contribution in [0.4, 0.5) is 4.39 Å². The molecule has 1 saturated heterocycles. The second-order valence-corrected chi connectivity index (χ2v) is 7.62. The van der Waals surface area contributed by atoms with E-state index in [9.17, 15) is 9.18 Å². The minimum Gasteiger partial charge on any atom is -0.376 e. The number of nitrogens with zero attached hydrogens (tertiary/aromatic N) is 5. The Labute approximate surface area is 165 Å². The van der Waals surface area contributed by atoms with Crippen LogP contribution in [0, 0.1) is 5.82 Å². The van der Waals surface area contributed by atoms with Crippen molar-refractivity contribution in [2.24, 2.45) is 7.05 Å². The predicted octanol–water partition coefficient (Wildman–Crippen LogP) is 2.97. The first-order valence-corrected chi connectivity index (χ1v) is 10.0. The molecule has 3 aromatic rings. The fourth-order valence-electron chi connectivity index (χ4n) is 3.14. The summed E-state index contributed by atoms with van der Waals surface area (Å²) in [6.07, 6.45) is 5.34. The molecule has 1 atom stereocenters. The number of ketones is 1. The highest BCUT2D eigenvalue weighted by molar-refractivity contribution is 7.99. The first-order valence-electron chi connectivity index (χ1n) is 9.05. The molecule has 1 aliphatic rings. The van der Waals surface area contributed by atoms with E-state index in [0.29, 0.717) is 23.1 Å². The van der Waals surface area contributed by atoms with Gasteiger partial charge in [0, 0.05) is 25.4 Å². The zero-order chi connectivity index (χ0) is 19.5. The zero-order valence-electron chi connectivity index (χ0n) is 15.4. The summed E-state index contributed by atoms with van der Waals surface area (Å²) < 4.78 is 22.6. The maximum Gasteiger partial charge on any atom is 0.192 e. The van der Waals surface area contributed by atoms with Crippen LogP contribution in [0.25, 0.3) is 11.4 Å². The lowest BCUT2D eigenvalue weighted by molar-refractivity contribution is 0.0953. The topological polar surface area (TPSA) is 74.8 Å². The van der Waals surface area contributed by atoms with Gasteiger partial charge in [0.15, 0.2) is 16.8 Å². The van der Waals surface area contributed by atoms with Gasteiger partial charge in [-0.3, -0.25) is 14.0 Å². The molecule has 7 nitrogen and oxygen atoms in total. The van der Waals surface area contributed by atoms with Crippen molar-refractivity contribution < 1.29 is 13.9 Å². The predicted molar refractivity (Wildman–Crippen MR) is 103 cm³/mol. The minimum atomic E-state index is -0.300. The van der Waals surface area contributed by atoms with Gasteiger partial charge >= 0.3 is 0 Å². The standard InChI is InChI=1S/C19H20FN5O2S/c1-24-10-14(9-21-24)17(26)12-28-19-23-22-18(13-4-6-15(20)7-5-13)25(19)11-16-3-2-8-27-16/h4-7,9-10,16H,2-3,8,11-12H2,1H3. The van der Waals surface area contributed by atoms with Crippen LogP contribution in [0.15, 0.2) is 41.8 Å². The maximum absolute atomic E-state index is 13.3. The fraction of sp³-hybridized carbons (Fsp3) is 0.368. The molecule has 0 amide bonds. The van der Waals surface area contributed by atoms with Gasteiger partial charge in [-0.15, -0.1) is 10.2 Å². The number of thioether (sulfide) groups is 1. The van der Waals surface area contributed by atoms with E-state index < -0.39 is 0 Å². The Balaban J connectivity index is 1.56. The molecule has 0 aliphatic carbocycles. The SMILES string of the molecule is Cn1cc(C(=O)CSc2nnc(-c3ccc(F)cc3)n2CC2CCCO2)cn1. The molecule has 146 valence electrons. The van der Waals surface area contributed by atoms with Gasteiger partial charge in [0.2, 0.25) is 0 Å². The Morgan fingerprint density at radius 1 is 1.32 bits per heavy atom. The summed E-state index contributed by atoms with van der Waals surface area (Å²) in [5, 5.41) is 13.3. The molecule has 4 rings (SSSR count). The summed E-state index contributed by atoms with van der Waals surface area (Å²) in [6, 6.07) is 6.17. The molecule has 1 unspecified atom stereocenters. The first-order chi connectivity index (χ1) is 13.6. The van der Waals surface area contributed by atoms with E-state index in [4.69, 9.17) is 4.74 Å². The molecule has 0 N–H and O–H groups in total. The number of aromatic nitrogens is 5. The van der Waals surface area contributed by atoms with E-state index in [-0.39, 0.29) is 23.5 Å². The second-order valence-electron chi connectivity index (χ2n) is 6.67. The smallest absolute Gasteiger partial charge is 0.192 e. The summed E-state index contributed by atoms with van der Waals surface area (Å²) in [6.45, 7) is 1.35. The number of hydrogen-bond donors (Lipinski definition) is 0. The highest BCUT2D eigenvalue weighted by atomic mass is 32.2. The number of benzene rings is 1. The van der Waals surface area contributed by atoms with Crippen molar-refractivity contribution in [2.75, 3.05) is 12.4 Å². The van der Waals surface area contributed by atoms with Crippen molar-refractivity contribution in [3.8, 4) is 11.4 Å². The van der Waals surface area contributed by atoms with Crippen LogP contribution < -0.4 is 0 Å². The van der Waals surface area contributed by atoms with Gasteiger partial charge in [-0.05, 0) is 37.1 Å². The third kappa shape index (κ3) is 4.15. The number of halogens is 1. The number of carbonyl (C=O) groups is 1. The van der Waals surface area contributed by atoms with E-state index in [1.54, 1.807) is 36.3 Å². The molecule has 3 heterocycles. The van der Waals surface area contributed by atoms with E-state index in [0.717, 1.165) is 25.0 Å². The van der Waals surface area contributed by atoms with Gasteiger partial charge in [0.1, 0.15) is 5.82 Å². The highest BCUT2D eigenvalue weighted by Gasteiger charge is 2.22. The van der Waals surface area contributed by atoms with Gasteiger partial charge < -0.3 is 4.74 Å². The first kappa shape index (κ1) is 18.8. The molecule has 9 heteroatoms. The average Bonchev–Trinajstić information content (AvgIpc) is 3.43. The largest absolute Gasteiger partial charge is 0.376 e. The second kappa shape index (κ2) is 8.24. The third-order valence-electron chi connectivity index (χ3n) is 4.59. The normalized spacial score (nSPS) is 16.6. The van der Waals surface area contributed by atoms with Crippen molar-refractivity contribution in [3.63, 3.8) is 0 Å². The van der Waals surface area contributed by atoms with Crippen LogP contribution in [0.5, 0.6) is 0 Å². The fourth-order valence-corrected chi connectivity index (χ4v) is 3.99. The molecule has 1 aromatic carbocycles. The molecule has 28 heavy (non-hydrogen) atoms. The molecular formula is C19H20FN5O2S. The summed E-state index contributed by atoms with van der Waals surface area (Å²) in [5.41, 5.74) is 1.34. The van der Waals surface area contributed by atoms with E-state index in [2.05, 4.69) is 15.3 Å². The van der Waals surface area contributed by atoms with Gasteiger partial charge in [0.05, 0.1) is 30.2 Å². The summed E-state index contributed by atoms with van der Waals surface area (Å²) in [7, 11) is 1.77. The van der Waals surface area contributed by atoms with Crippen LogP contribution in [0.1, 0.15) is 23.2 Å². The molecule has 0 bridgehead atoms. The van der Waals surface area contributed by atoms with Gasteiger partial charge in [-0.1, -0.05) is 11.8 Å². The lowest BCUT2D eigenvalue weighted by Gasteiger charge is -2.14. The summed E-state index contributed by atoms with van der Waals surface area (Å²) >= 11 is 1.33. The lowest BCUT2D eigenvalue weighted by atomic mass is 10.2. The highest BCUT2D eigenvalue weighted by Crippen LogP contribution is 2.27. The lowest BCUT2D eigenvalue weighted by Crippen LogP contribution is -2.17. The molecule has 1 fully saturated rings. The summed E-state index contributed by atoms with van der Waals surface area (Å²) in [4.78, 5) is 12.4. The number of ether oxygens (including phenoxy) is 1. The maximum atomic E-state index is 13.3. The van der Waals surface area contributed by atoms with Gasteiger partial charge in [0.25, 0.3) is 0 Å². The Hall–Kier alpha value is -2.52. The van der Waals surface area contributed by atoms with Crippen LogP contribution in [-0.4, -0.2) is 48.8 Å². The Bertz CT molecular complexity index is 963. The van der Waals surface area contributed by atoms with Crippen LogP contribution in [0.2, 0.25) is 0 Å². The molecule has 1 aliphatic heterocycles. The van der Waals surface area contributed by atoms with Gasteiger partial charge in [-0.25, -0.2) is 4.39 Å². The van der Waals surface area contributed by atoms with Crippen molar-refractivity contribution in [1.29, 1.82) is 0 Å². The van der Waals surface area contributed by atoms with Crippen molar-refractivity contribution in [2.45, 2.75) is 30.6 Å². The van der Waals surface area contributed by atoms with Crippen molar-refractivity contribution >= 4 is 17.5 Å². The van der Waals surface area contributed by atoms with Crippen LogP contribution >= 0.6 is 11.8 Å². The zero-order valence-corrected chi connectivity index (χ0v) is 16.2. The average molecular weight is 401 g/mol. The molecule has 0 saturated carbocycles. The van der Waals surface area contributed by atoms with E-state index in [1.165, 1.54) is 23.9 Å². The Morgan fingerprint density at radius 3 is 2.82 bits per heavy atom. The minimum absolute atomic E-state index is 0.0203. The molecule has 0 spiro atoms. The Morgan fingerprint density at radius 2 is 2.14 bits per heavy atom. The number of Topliss-reactive ketones (excluding diaryl/α,β-unsaturated/α-hetero) is 1. The monoisotopic (exact) mass is 401 g/mol.